The summed E-state index contributed by atoms with van der Waals surface area (Å²) in [6.45, 7) is 5.49. The summed E-state index contributed by atoms with van der Waals surface area (Å²) < 4.78 is 17.6. The first-order chi connectivity index (χ1) is 16.4. The van der Waals surface area contributed by atoms with E-state index in [9.17, 15) is 14.4 Å². The molecule has 10 nitrogen and oxygen atoms in total. The van der Waals surface area contributed by atoms with Crippen LogP contribution in [0.25, 0.3) is 0 Å². The van der Waals surface area contributed by atoms with E-state index in [1.807, 2.05) is 13.8 Å². The lowest BCUT2D eigenvalue weighted by Crippen LogP contribution is -2.43. The molecule has 0 aromatic carbocycles. The van der Waals surface area contributed by atoms with Crippen molar-refractivity contribution >= 4 is 34.7 Å². The topological polar surface area (TPSA) is 111 Å². The standard InChI is InChI=1S/C23H32N4O6S/c1-15(2)31-23(30)26-9-7-18(8-10-26)32-16-3-5-17(6-4-16)33-20-14-24-19(13-25-20)27-11-12-34-22(29)21(27)28/h13-18H,3-12H2,1-2H3. The third kappa shape index (κ3) is 6.38. The fraction of sp³-hybridized carbons (Fsp3) is 0.696. The van der Waals surface area contributed by atoms with Gasteiger partial charge in [0.1, 0.15) is 6.10 Å². The summed E-state index contributed by atoms with van der Waals surface area (Å²) in [4.78, 5) is 47.3. The molecule has 0 atom stereocenters. The van der Waals surface area contributed by atoms with Crippen LogP contribution in [0.4, 0.5) is 10.6 Å². The van der Waals surface area contributed by atoms with Crippen LogP contribution in [0, 0.1) is 0 Å². The molecule has 1 aromatic heterocycles. The van der Waals surface area contributed by atoms with Crippen molar-refractivity contribution < 1.29 is 28.6 Å². The van der Waals surface area contributed by atoms with E-state index in [4.69, 9.17) is 14.2 Å². The van der Waals surface area contributed by atoms with Gasteiger partial charge in [0.15, 0.2) is 5.82 Å². The molecule has 1 saturated carbocycles. The van der Waals surface area contributed by atoms with Gasteiger partial charge in [0.25, 0.3) is 5.12 Å². The van der Waals surface area contributed by atoms with Crippen LogP contribution in [0.2, 0.25) is 0 Å². The van der Waals surface area contributed by atoms with Gasteiger partial charge in [-0.15, -0.1) is 0 Å². The number of rotatable bonds is 6. The summed E-state index contributed by atoms with van der Waals surface area (Å²) >= 11 is 1.03. The number of amides is 2. The van der Waals surface area contributed by atoms with Gasteiger partial charge in [-0.3, -0.25) is 14.5 Å². The SMILES string of the molecule is CC(C)OC(=O)N1CCC(OC2CCC(Oc3cnc(N4CCSC(=O)C4=O)cn3)CC2)CC1. The molecule has 3 aliphatic rings. The molecule has 1 aliphatic carbocycles. The lowest BCUT2D eigenvalue weighted by molar-refractivity contribution is -0.131. The first kappa shape index (κ1) is 24.7. The van der Waals surface area contributed by atoms with E-state index >= 15 is 0 Å². The molecule has 1 aromatic rings. The highest BCUT2D eigenvalue weighted by molar-refractivity contribution is 8.15. The first-order valence-corrected chi connectivity index (χ1v) is 13.0. The zero-order chi connectivity index (χ0) is 24.1. The van der Waals surface area contributed by atoms with Crippen molar-refractivity contribution in [3.8, 4) is 5.88 Å². The number of likely N-dealkylation sites (tertiary alicyclic amines) is 1. The zero-order valence-electron chi connectivity index (χ0n) is 19.7. The largest absolute Gasteiger partial charge is 0.473 e. The van der Waals surface area contributed by atoms with Gasteiger partial charge in [0.2, 0.25) is 5.88 Å². The van der Waals surface area contributed by atoms with Crippen molar-refractivity contribution in [2.75, 3.05) is 30.3 Å². The molecule has 186 valence electrons. The number of piperidine rings is 1. The number of hydrogen-bond acceptors (Lipinski definition) is 9. The second-order valence-electron chi connectivity index (χ2n) is 9.08. The number of nitrogens with zero attached hydrogens (tertiary/aromatic N) is 4. The van der Waals surface area contributed by atoms with E-state index in [1.165, 1.54) is 17.3 Å². The summed E-state index contributed by atoms with van der Waals surface area (Å²) in [5.74, 6) is 0.781. The van der Waals surface area contributed by atoms with Crippen molar-refractivity contribution in [2.24, 2.45) is 0 Å². The van der Waals surface area contributed by atoms with E-state index in [0.29, 0.717) is 37.1 Å². The lowest BCUT2D eigenvalue weighted by Gasteiger charge is -2.35. The van der Waals surface area contributed by atoms with Gasteiger partial charge in [0, 0.05) is 25.4 Å². The Morgan fingerprint density at radius 2 is 1.65 bits per heavy atom. The van der Waals surface area contributed by atoms with E-state index in [-0.39, 0.29) is 30.5 Å². The Hall–Kier alpha value is -2.40. The maximum absolute atomic E-state index is 12.0. The molecule has 0 bridgehead atoms. The Kier molecular flexibility index (Phi) is 8.25. The van der Waals surface area contributed by atoms with Gasteiger partial charge in [-0.25, -0.2) is 14.8 Å². The van der Waals surface area contributed by atoms with Gasteiger partial charge >= 0.3 is 12.0 Å². The minimum absolute atomic E-state index is 0.0437. The molecule has 2 aliphatic heterocycles. The molecule has 2 saturated heterocycles. The quantitative estimate of drug-likeness (QED) is 0.553. The fourth-order valence-corrected chi connectivity index (χ4v) is 5.10. The van der Waals surface area contributed by atoms with Crippen LogP contribution in [-0.4, -0.2) is 81.8 Å². The highest BCUT2D eigenvalue weighted by atomic mass is 32.2. The molecule has 0 radical (unpaired) electrons. The average molecular weight is 493 g/mol. The zero-order valence-corrected chi connectivity index (χ0v) is 20.5. The maximum atomic E-state index is 12.0. The molecule has 11 heteroatoms. The number of aromatic nitrogens is 2. The monoisotopic (exact) mass is 492 g/mol. The Balaban J connectivity index is 1.17. The van der Waals surface area contributed by atoms with Gasteiger partial charge in [-0.05, 0) is 52.4 Å². The normalized spacial score (nSPS) is 24.4. The van der Waals surface area contributed by atoms with Crippen molar-refractivity contribution in [1.82, 2.24) is 14.9 Å². The number of carbonyl (C=O) groups excluding carboxylic acids is 3. The predicted octanol–water partition coefficient (Wildman–Crippen LogP) is 2.80. The molecule has 0 N–H and O–H groups in total. The summed E-state index contributed by atoms with van der Waals surface area (Å²) in [5.41, 5.74) is 0. The Labute approximate surface area is 203 Å². The molecule has 34 heavy (non-hydrogen) atoms. The molecule has 2 amide bonds. The summed E-state index contributed by atoms with van der Waals surface area (Å²) in [6.07, 6.45) is 8.27. The number of carbonyl (C=O) groups is 3. The highest BCUT2D eigenvalue weighted by Gasteiger charge is 2.31. The van der Waals surface area contributed by atoms with Crippen LogP contribution in [0.5, 0.6) is 5.88 Å². The number of hydrogen-bond donors (Lipinski definition) is 0. The van der Waals surface area contributed by atoms with Gasteiger partial charge in [-0.1, -0.05) is 11.8 Å². The second kappa shape index (κ2) is 11.4. The molecule has 3 heterocycles. The third-order valence-electron chi connectivity index (χ3n) is 6.19. The smallest absolute Gasteiger partial charge is 0.410 e. The second-order valence-corrected chi connectivity index (χ2v) is 10.1. The van der Waals surface area contributed by atoms with Crippen LogP contribution >= 0.6 is 11.8 Å². The Bertz CT molecular complexity index is 867. The van der Waals surface area contributed by atoms with E-state index in [0.717, 1.165) is 50.3 Å². The first-order valence-electron chi connectivity index (χ1n) is 12.0. The highest BCUT2D eigenvalue weighted by Crippen LogP contribution is 2.28. The number of ether oxygens (including phenoxy) is 3. The van der Waals surface area contributed by atoms with Gasteiger partial charge < -0.3 is 19.1 Å². The summed E-state index contributed by atoms with van der Waals surface area (Å²) in [6, 6.07) is 0. The third-order valence-corrected chi connectivity index (χ3v) is 7.01. The molecule has 3 fully saturated rings. The summed E-state index contributed by atoms with van der Waals surface area (Å²) in [5, 5.41) is -0.466. The van der Waals surface area contributed by atoms with Crippen molar-refractivity contribution in [1.29, 1.82) is 0 Å². The van der Waals surface area contributed by atoms with Crippen LogP contribution in [-0.2, 0) is 19.1 Å². The Morgan fingerprint density at radius 3 is 2.29 bits per heavy atom. The summed E-state index contributed by atoms with van der Waals surface area (Å²) in [7, 11) is 0. The predicted molar refractivity (Wildman–Crippen MR) is 126 cm³/mol. The van der Waals surface area contributed by atoms with Crippen LogP contribution in [0.15, 0.2) is 12.4 Å². The maximum Gasteiger partial charge on any atom is 0.410 e. The average Bonchev–Trinajstić information content (AvgIpc) is 2.83. The van der Waals surface area contributed by atoms with Crippen molar-refractivity contribution in [3.63, 3.8) is 0 Å². The minimum atomic E-state index is -0.557. The molecular formula is C23H32N4O6S. The van der Waals surface area contributed by atoms with Crippen molar-refractivity contribution in [3.05, 3.63) is 12.4 Å². The van der Waals surface area contributed by atoms with Crippen molar-refractivity contribution in [2.45, 2.75) is 76.8 Å². The van der Waals surface area contributed by atoms with Gasteiger partial charge in [0.05, 0.1) is 30.7 Å². The lowest BCUT2D eigenvalue weighted by atomic mass is 9.94. The van der Waals surface area contributed by atoms with Crippen LogP contribution < -0.4 is 9.64 Å². The van der Waals surface area contributed by atoms with E-state index < -0.39 is 11.0 Å². The fourth-order valence-electron chi connectivity index (χ4n) is 4.41. The van der Waals surface area contributed by atoms with E-state index in [1.54, 1.807) is 4.90 Å². The Morgan fingerprint density at radius 1 is 0.971 bits per heavy atom. The molecule has 0 unspecified atom stereocenters. The minimum Gasteiger partial charge on any atom is -0.473 e. The molecule has 0 spiro atoms. The molecular weight excluding hydrogens is 460 g/mol. The van der Waals surface area contributed by atoms with Gasteiger partial charge in [-0.2, -0.15) is 0 Å². The number of thioether (sulfide) groups is 1. The van der Waals surface area contributed by atoms with E-state index in [2.05, 4.69) is 9.97 Å². The number of anilines is 1. The molecule has 4 rings (SSSR count). The van der Waals surface area contributed by atoms with Crippen LogP contribution in [0.1, 0.15) is 52.4 Å². The van der Waals surface area contributed by atoms with Crippen LogP contribution in [0.3, 0.4) is 0 Å².